The normalized spacial score (nSPS) is 20.8. The monoisotopic (exact) mass is 434 g/mol. The average molecular weight is 435 g/mol. The van der Waals surface area contributed by atoms with Crippen molar-refractivity contribution in [2.45, 2.75) is 23.8 Å². The summed E-state index contributed by atoms with van der Waals surface area (Å²) in [5.74, 6) is 0.785. The van der Waals surface area contributed by atoms with Crippen molar-refractivity contribution in [1.29, 1.82) is 0 Å². The molecule has 1 aromatic carbocycles. The molecule has 0 spiro atoms. The number of halogens is 1. The Morgan fingerprint density at radius 3 is 2.38 bits per heavy atom. The highest BCUT2D eigenvalue weighted by Crippen LogP contribution is 2.28. The molecule has 0 unspecified atom stereocenters. The Bertz CT molecular complexity index is 961. The molecule has 0 N–H and O–H groups in total. The van der Waals surface area contributed by atoms with Crippen LogP contribution in [-0.2, 0) is 14.8 Å². The van der Waals surface area contributed by atoms with Crippen molar-refractivity contribution in [1.82, 2.24) is 14.2 Å². The summed E-state index contributed by atoms with van der Waals surface area (Å²) in [5, 5.41) is 0.476. The fraction of sp³-hybridized carbons (Fsp3) is 0.400. The Balaban J connectivity index is 1.45. The molecule has 0 radical (unpaired) electrons. The molecule has 7 nitrogen and oxygen atoms in total. The van der Waals surface area contributed by atoms with Crippen LogP contribution in [0.3, 0.4) is 0 Å². The van der Waals surface area contributed by atoms with Crippen molar-refractivity contribution < 1.29 is 13.2 Å². The molecule has 154 valence electrons. The molecule has 29 heavy (non-hydrogen) atoms. The molecule has 3 heterocycles. The summed E-state index contributed by atoms with van der Waals surface area (Å²) in [7, 11) is -3.74. The minimum atomic E-state index is -3.74. The van der Waals surface area contributed by atoms with Gasteiger partial charge in [0.25, 0.3) is 0 Å². The second kappa shape index (κ2) is 8.30. The molecule has 2 aliphatic heterocycles. The van der Waals surface area contributed by atoms with Gasteiger partial charge in [-0.15, -0.1) is 0 Å². The van der Waals surface area contributed by atoms with E-state index >= 15 is 0 Å². The summed E-state index contributed by atoms with van der Waals surface area (Å²) in [6.07, 6.45) is 2.98. The number of rotatable bonds is 4. The molecule has 1 aromatic heterocycles. The van der Waals surface area contributed by atoms with Crippen LogP contribution in [0.2, 0.25) is 5.02 Å². The lowest BCUT2D eigenvalue weighted by Gasteiger charge is -2.37. The van der Waals surface area contributed by atoms with E-state index in [1.54, 1.807) is 23.2 Å². The third kappa shape index (κ3) is 4.10. The van der Waals surface area contributed by atoms with Gasteiger partial charge in [0, 0.05) is 43.9 Å². The number of amides is 1. The molecule has 1 atom stereocenters. The van der Waals surface area contributed by atoms with Gasteiger partial charge < -0.3 is 9.80 Å². The number of aromatic nitrogens is 1. The van der Waals surface area contributed by atoms with E-state index in [2.05, 4.69) is 9.88 Å². The van der Waals surface area contributed by atoms with Crippen LogP contribution in [0.25, 0.3) is 0 Å². The van der Waals surface area contributed by atoms with Crippen LogP contribution < -0.4 is 4.90 Å². The maximum atomic E-state index is 13.2. The lowest BCUT2D eigenvalue weighted by molar-refractivity contribution is -0.134. The number of hydrogen-bond donors (Lipinski definition) is 0. The molecule has 0 saturated carbocycles. The van der Waals surface area contributed by atoms with Crippen molar-refractivity contribution in [3.05, 3.63) is 53.7 Å². The average Bonchev–Trinajstić information content (AvgIpc) is 3.25. The molecule has 0 bridgehead atoms. The van der Waals surface area contributed by atoms with Gasteiger partial charge in [-0.3, -0.25) is 4.79 Å². The fourth-order valence-corrected chi connectivity index (χ4v) is 5.70. The summed E-state index contributed by atoms with van der Waals surface area (Å²) in [6.45, 7) is 2.83. The summed E-state index contributed by atoms with van der Waals surface area (Å²) < 4.78 is 27.5. The summed E-state index contributed by atoms with van der Waals surface area (Å²) in [5.41, 5.74) is 0. The van der Waals surface area contributed by atoms with Gasteiger partial charge in [-0.25, -0.2) is 13.4 Å². The molecule has 0 aliphatic carbocycles. The highest BCUT2D eigenvalue weighted by Gasteiger charge is 2.41. The first-order chi connectivity index (χ1) is 14.0. The van der Waals surface area contributed by atoms with Gasteiger partial charge in [0.15, 0.2) is 0 Å². The smallest absolute Gasteiger partial charge is 0.243 e. The number of nitrogens with zero attached hydrogens (tertiary/aromatic N) is 4. The summed E-state index contributed by atoms with van der Waals surface area (Å²) >= 11 is 5.88. The number of benzene rings is 1. The van der Waals surface area contributed by atoms with E-state index < -0.39 is 16.1 Å². The largest absolute Gasteiger partial charge is 0.353 e. The van der Waals surface area contributed by atoms with Gasteiger partial charge >= 0.3 is 0 Å². The number of pyridine rings is 1. The molecule has 2 fully saturated rings. The van der Waals surface area contributed by atoms with Crippen molar-refractivity contribution in [3.63, 3.8) is 0 Å². The van der Waals surface area contributed by atoms with Crippen LogP contribution in [0.4, 0.5) is 5.82 Å². The molecule has 2 saturated heterocycles. The Hall–Kier alpha value is -2.16. The number of hydrogen-bond acceptors (Lipinski definition) is 5. The lowest BCUT2D eigenvalue weighted by Crippen LogP contribution is -2.54. The zero-order chi connectivity index (χ0) is 20.4. The van der Waals surface area contributed by atoms with Crippen LogP contribution >= 0.6 is 11.6 Å². The standard InChI is InChI=1S/C20H23ClN4O3S/c21-16-6-8-17(9-7-16)29(27,28)25-11-3-4-18(25)20(26)24-14-12-23(13-15-24)19-5-1-2-10-22-19/h1-2,5-10,18H,3-4,11-15H2/t18-/m1/s1. The van der Waals surface area contributed by atoms with Crippen LogP contribution in [0.15, 0.2) is 53.6 Å². The van der Waals surface area contributed by atoms with Gasteiger partial charge in [-0.2, -0.15) is 4.31 Å². The predicted octanol–water partition coefficient (Wildman–Crippen LogP) is 2.24. The minimum Gasteiger partial charge on any atom is -0.353 e. The Morgan fingerprint density at radius 2 is 1.72 bits per heavy atom. The van der Waals surface area contributed by atoms with Gasteiger partial charge in [0.1, 0.15) is 11.9 Å². The highest BCUT2D eigenvalue weighted by molar-refractivity contribution is 7.89. The second-order valence-corrected chi connectivity index (χ2v) is 9.55. The highest BCUT2D eigenvalue weighted by atomic mass is 35.5. The Morgan fingerprint density at radius 1 is 1.00 bits per heavy atom. The SMILES string of the molecule is O=C([C@H]1CCCN1S(=O)(=O)c1ccc(Cl)cc1)N1CCN(c2ccccn2)CC1. The number of anilines is 1. The quantitative estimate of drug-likeness (QED) is 0.737. The molecule has 2 aliphatic rings. The molecular formula is C20H23ClN4O3S. The van der Waals surface area contributed by atoms with E-state index in [0.29, 0.717) is 50.6 Å². The van der Waals surface area contributed by atoms with Crippen LogP contribution in [0, 0.1) is 0 Å². The van der Waals surface area contributed by atoms with Crippen LogP contribution in [0.1, 0.15) is 12.8 Å². The zero-order valence-corrected chi connectivity index (χ0v) is 17.5. The van der Waals surface area contributed by atoms with Gasteiger partial charge in [0.05, 0.1) is 4.90 Å². The molecule has 9 heteroatoms. The maximum absolute atomic E-state index is 13.2. The first-order valence-electron chi connectivity index (χ1n) is 9.69. The van der Waals surface area contributed by atoms with Gasteiger partial charge in [-0.05, 0) is 49.2 Å². The van der Waals surface area contributed by atoms with Gasteiger partial charge in [-0.1, -0.05) is 17.7 Å². The van der Waals surface area contributed by atoms with Crippen molar-refractivity contribution in [3.8, 4) is 0 Å². The van der Waals surface area contributed by atoms with Crippen molar-refractivity contribution >= 4 is 33.3 Å². The zero-order valence-electron chi connectivity index (χ0n) is 15.9. The Kier molecular flexibility index (Phi) is 5.76. The minimum absolute atomic E-state index is 0.110. The lowest BCUT2D eigenvalue weighted by atomic mass is 10.2. The third-order valence-electron chi connectivity index (χ3n) is 5.47. The van der Waals surface area contributed by atoms with E-state index in [1.165, 1.54) is 16.4 Å². The molecule has 4 rings (SSSR count). The topological polar surface area (TPSA) is 73.8 Å². The van der Waals surface area contributed by atoms with Crippen molar-refractivity contribution in [2.75, 3.05) is 37.6 Å². The summed E-state index contributed by atoms with van der Waals surface area (Å²) in [6, 6.07) is 11.2. The first-order valence-corrected chi connectivity index (χ1v) is 11.5. The maximum Gasteiger partial charge on any atom is 0.243 e. The van der Waals surface area contributed by atoms with Gasteiger partial charge in [0.2, 0.25) is 15.9 Å². The number of carbonyl (C=O) groups excluding carboxylic acids is 1. The van der Waals surface area contributed by atoms with E-state index in [4.69, 9.17) is 11.6 Å². The van der Waals surface area contributed by atoms with Crippen LogP contribution in [0.5, 0.6) is 0 Å². The summed E-state index contributed by atoms with van der Waals surface area (Å²) in [4.78, 5) is 21.6. The van der Waals surface area contributed by atoms with E-state index in [-0.39, 0.29) is 10.8 Å². The molecular weight excluding hydrogens is 412 g/mol. The third-order valence-corrected chi connectivity index (χ3v) is 7.65. The molecule has 2 aromatic rings. The first kappa shape index (κ1) is 20.1. The fourth-order valence-electron chi connectivity index (χ4n) is 3.92. The van der Waals surface area contributed by atoms with Crippen molar-refractivity contribution in [2.24, 2.45) is 0 Å². The Labute approximate surface area is 175 Å². The van der Waals surface area contributed by atoms with E-state index in [9.17, 15) is 13.2 Å². The predicted molar refractivity (Wildman–Crippen MR) is 111 cm³/mol. The second-order valence-electron chi connectivity index (χ2n) is 7.23. The molecule has 1 amide bonds. The number of piperazine rings is 1. The number of sulfonamides is 1. The number of carbonyl (C=O) groups is 1. The van der Waals surface area contributed by atoms with Crippen LogP contribution in [-0.4, -0.2) is 67.3 Å². The van der Waals surface area contributed by atoms with E-state index in [0.717, 1.165) is 5.82 Å². The van der Waals surface area contributed by atoms with E-state index in [1.807, 2.05) is 18.2 Å².